The third kappa shape index (κ3) is 8.42. The van der Waals surface area contributed by atoms with Gasteiger partial charge in [-0.1, -0.05) is 33.7 Å². The second-order valence-corrected chi connectivity index (χ2v) is 12.9. The van der Waals surface area contributed by atoms with E-state index in [0.717, 1.165) is 9.13 Å². The summed E-state index contributed by atoms with van der Waals surface area (Å²) in [7, 11) is 4.34. The number of rotatable bonds is 13. The molecule has 17 heteroatoms. The maximum atomic E-state index is 12.5. The number of hydrogen-bond acceptors (Lipinski definition) is 15. The largest absolute Gasteiger partial charge is 0.508 e. The molecule has 42 heavy (non-hydrogen) atoms. The SMILES string of the molecule is CNC(=O)[C@H]1OC(N2CNc3c(NCc4cccc(I)c4)ncnc32)[C@H](OC(=O)OCCSSCCOC(C)=O)C1O. The lowest BCUT2D eigenvalue weighted by Gasteiger charge is -2.28. The summed E-state index contributed by atoms with van der Waals surface area (Å²) in [6, 6.07) is 8.06. The van der Waals surface area contributed by atoms with E-state index in [-0.39, 0.29) is 19.2 Å². The van der Waals surface area contributed by atoms with Gasteiger partial charge in [0, 0.05) is 35.6 Å². The van der Waals surface area contributed by atoms with E-state index >= 15 is 0 Å². The number of anilines is 3. The molecule has 2 aliphatic heterocycles. The van der Waals surface area contributed by atoms with Crippen LogP contribution in [0.15, 0.2) is 30.6 Å². The first-order valence-corrected chi connectivity index (χ1v) is 16.4. The third-order valence-electron chi connectivity index (χ3n) is 6.07. The van der Waals surface area contributed by atoms with Crippen molar-refractivity contribution >= 4 is 79.5 Å². The van der Waals surface area contributed by atoms with Crippen LogP contribution in [0.25, 0.3) is 0 Å². The van der Waals surface area contributed by atoms with Gasteiger partial charge in [0.25, 0.3) is 5.91 Å². The molecule has 4 rings (SSSR count). The molecule has 3 heterocycles. The van der Waals surface area contributed by atoms with Crippen molar-refractivity contribution in [2.24, 2.45) is 0 Å². The van der Waals surface area contributed by atoms with Crippen molar-refractivity contribution in [2.45, 2.75) is 38.0 Å². The smallest absolute Gasteiger partial charge is 0.465 e. The van der Waals surface area contributed by atoms with Gasteiger partial charge in [-0.25, -0.2) is 14.8 Å². The number of aromatic nitrogens is 2. The Morgan fingerprint density at radius 2 is 1.98 bits per heavy atom. The highest BCUT2D eigenvalue weighted by molar-refractivity contribution is 14.1. The third-order valence-corrected chi connectivity index (χ3v) is 9.08. The molecule has 14 nitrogen and oxygen atoms in total. The molecule has 0 spiro atoms. The van der Waals surface area contributed by atoms with E-state index in [0.29, 0.717) is 42.0 Å². The van der Waals surface area contributed by atoms with Crippen LogP contribution < -0.4 is 20.9 Å². The number of benzene rings is 1. The molecule has 1 fully saturated rings. The number of ether oxygens (including phenoxy) is 4. The molecule has 0 radical (unpaired) electrons. The first kappa shape index (κ1) is 32.2. The monoisotopic (exact) mass is 734 g/mol. The van der Waals surface area contributed by atoms with Crippen LogP contribution in [-0.4, -0.2) is 96.1 Å². The quantitative estimate of drug-likeness (QED) is 0.102. The van der Waals surface area contributed by atoms with Crippen LogP contribution in [0, 0.1) is 3.57 Å². The Morgan fingerprint density at radius 1 is 1.21 bits per heavy atom. The maximum Gasteiger partial charge on any atom is 0.508 e. The standard InChI is InChI=1S/C25H31IN6O8S2/c1-14(33)37-6-8-41-42-9-7-38-25(36)40-20-18(34)19(23(35)27-2)39-24(20)32-13-31-17-21(29-12-30-22(17)32)28-11-15-4-3-5-16(26)10-15/h3-5,10,12,18-20,24,31,34H,6-9,11,13H2,1-2H3,(H,27,35)(H,28,29,30)/t18?,19-,20+,24?/m0/s1. The normalized spacial score (nSPS) is 20.8. The maximum absolute atomic E-state index is 12.5. The highest BCUT2D eigenvalue weighted by Crippen LogP contribution is 2.39. The number of halogens is 1. The minimum absolute atomic E-state index is 0.0497. The van der Waals surface area contributed by atoms with Crippen LogP contribution in [0.1, 0.15) is 12.5 Å². The van der Waals surface area contributed by atoms with E-state index in [4.69, 9.17) is 18.9 Å². The van der Waals surface area contributed by atoms with Crippen LogP contribution in [-0.2, 0) is 35.1 Å². The molecule has 4 atom stereocenters. The van der Waals surface area contributed by atoms with Gasteiger partial charge in [-0.2, -0.15) is 0 Å². The minimum atomic E-state index is -1.46. The molecular formula is C25H31IN6O8S2. The Kier molecular flexibility index (Phi) is 12.0. The van der Waals surface area contributed by atoms with Crippen molar-refractivity contribution in [3.8, 4) is 0 Å². The molecule has 2 aromatic rings. The minimum Gasteiger partial charge on any atom is -0.465 e. The fourth-order valence-corrected chi connectivity index (χ4v) is 6.46. The molecule has 0 bridgehead atoms. The lowest BCUT2D eigenvalue weighted by molar-refractivity contribution is -0.140. The molecule has 0 aliphatic carbocycles. The highest BCUT2D eigenvalue weighted by Gasteiger charge is 2.53. The van der Waals surface area contributed by atoms with Crippen LogP contribution in [0.4, 0.5) is 22.1 Å². The number of carbonyl (C=O) groups is 3. The van der Waals surface area contributed by atoms with Crippen molar-refractivity contribution in [1.82, 2.24) is 15.3 Å². The van der Waals surface area contributed by atoms with Crippen LogP contribution in [0.5, 0.6) is 0 Å². The van der Waals surface area contributed by atoms with Crippen molar-refractivity contribution in [3.63, 3.8) is 0 Å². The average Bonchev–Trinajstić information content (AvgIpc) is 3.54. The van der Waals surface area contributed by atoms with E-state index in [9.17, 15) is 19.5 Å². The zero-order valence-electron chi connectivity index (χ0n) is 22.8. The van der Waals surface area contributed by atoms with Gasteiger partial charge < -0.3 is 44.9 Å². The lowest BCUT2D eigenvalue weighted by atomic mass is 10.1. The van der Waals surface area contributed by atoms with E-state index in [1.807, 2.05) is 18.2 Å². The average molecular weight is 735 g/mol. The molecule has 0 saturated carbocycles. The Hall–Kier alpha value is -2.74. The Labute approximate surface area is 263 Å². The van der Waals surface area contributed by atoms with Crippen molar-refractivity contribution < 1.29 is 38.4 Å². The molecule has 1 amide bonds. The van der Waals surface area contributed by atoms with Gasteiger partial charge >= 0.3 is 12.1 Å². The molecule has 1 saturated heterocycles. The Balaban J connectivity index is 1.38. The number of fused-ring (bicyclic) bond motifs is 1. The summed E-state index contributed by atoms with van der Waals surface area (Å²) >= 11 is 2.26. The number of amides is 1. The van der Waals surface area contributed by atoms with Crippen LogP contribution >= 0.6 is 44.2 Å². The van der Waals surface area contributed by atoms with Gasteiger partial charge in [-0.15, -0.1) is 0 Å². The molecule has 2 aliphatic rings. The van der Waals surface area contributed by atoms with Crippen LogP contribution in [0.2, 0.25) is 0 Å². The van der Waals surface area contributed by atoms with Crippen molar-refractivity contribution in [2.75, 3.05) is 54.0 Å². The topological polar surface area (TPSA) is 173 Å². The van der Waals surface area contributed by atoms with Gasteiger partial charge in [-0.05, 0) is 40.3 Å². The molecule has 1 aromatic carbocycles. The first-order valence-electron chi connectivity index (χ1n) is 12.9. The molecule has 228 valence electrons. The van der Waals surface area contributed by atoms with Gasteiger partial charge in [0.1, 0.15) is 31.3 Å². The number of aliphatic hydroxyl groups excluding tert-OH is 1. The van der Waals surface area contributed by atoms with E-state index in [1.165, 1.54) is 41.9 Å². The number of esters is 1. The second kappa shape index (κ2) is 15.6. The number of hydrogen-bond donors (Lipinski definition) is 4. The Morgan fingerprint density at radius 3 is 2.69 bits per heavy atom. The number of nitrogens with zero attached hydrogens (tertiary/aromatic N) is 3. The number of nitrogens with one attached hydrogen (secondary N) is 3. The summed E-state index contributed by atoms with van der Waals surface area (Å²) in [5.41, 5.74) is 1.68. The lowest BCUT2D eigenvalue weighted by Crippen LogP contribution is -2.47. The molecular weight excluding hydrogens is 703 g/mol. The zero-order valence-corrected chi connectivity index (χ0v) is 26.6. The molecule has 1 aromatic heterocycles. The molecule has 2 unspecified atom stereocenters. The fourth-order valence-electron chi connectivity index (χ4n) is 4.20. The van der Waals surface area contributed by atoms with Gasteiger partial charge in [0.15, 0.2) is 30.1 Å². The van der Waals surface area contributed by atoms with Crippen molar-refractivity contribution in [1.29, 1.82) is 0 Å². The van der Waals surface area contributed by atoms with E-state index < -0.39 is 36.6 Å². The predicted molar refractivity (Wildman–Crippen MR) is 166 cm³/mol. The Bertz CT molecular complexity index is 1260. The van der Waals surface area contributed by atoms with Gasteiger partial charge in [0.2, 0.25) is 0 Å². The highest BCUT2D eigenvalue weighted by atomic mass is 127. The van der Waals surface area contributed by atoms with Gasteiger partial charge in [0.05, 0.1) is 6.67 Å². The number of aliphatic hydroxyl groups is 1. The molecule has 4 N–H and O–H groups in total. The van der Waals surface area contributed by atoms with E-state index in [2.05, 4.69) is 54.6 Å². The second-order valence-electron chi connectivity index (χ2n) is 8.93. The van der Waals surface area contributed by atoms with Crippen molar-refractivity contribution in [3.05, 3.63) is 39.7 Å². The van der Waals surface area contributed by atoms with Gasteiger partial charge in [-0.3, -0.25) is 9.59 Å². The number of carbonyl (C=O) groups excluding carboxylic acids is 3. The number of likely N-dealkylation sites (N-methyl/N-ethyl adjacent to an activating group) is 1. The summed E-state index contributed by atoms with van der Waals surface area (Å²) in [4.78, 5) is 46.2. The summed E-state index contributed by atoms with van der Waals surface area (Å²) in [6.45, 7) is 2.42. The van der Waals surface area contributed by atoms with E-state index in [1.54, 1.807) is 4.90 Å². The summed E-state index contributed by atoms with van der Waals surface area (Å²) in [6.07, 6.45) is -4.66. The predicted octanol–water partition coefficient (Wildman–Crippen LogP) is 2.18. The summed E-state index contributed by atoms with van der Waals surface area (Å²) < 4.78 is 22.6. The van der Waals surface area contributed by atoms with Crippen LogP contribution in [0.3, 0.4) is 0 Å². The summed E-state index contributed by atoms with van der Waals surface area (Å²) in [5.74, 6) is 1.17. The fraction of sp³-hybridized carbons (Fsp3) is 0.480. The summed E-state index contributed by atoms with van der Waals surface area (Å²) in [5, 5.41) is 19.9. The zero-order chi connectivity index (χ0) is 30.1. The first-order chi connectivity index (χ1) is 20.3.